The number of aromatic nitrogens is 1. The van der Waals surface area contributed by atoms with Crippen molar-refractivity contribution in [3.8, 4) is 5.75 Å². The van der Waals surface area contributed by atoms with Gasteiger partial charge in [0.05, 0.1) is 34.1 Å². The third-order valence-corrected chi connectivity index (χ3v) is 8.42. The zero-order valence-electron chi connectivity index (χ0n) is 22.3. The molecule has 3 heterocycles. The van der Waals surface area contributed by atoms with Gasteiger partial charge in [-0.25, -0.2) is 4.98 Å². The molecule has 6 rings (SSSR count). The van der Waals surface area contributed by atoms with E-state index in [2.05, 4.69) is 19.9 Å². The number of ketones is 1. The molecule has 1 amide bonds. The predicted molar refractivity (Wildman–Crippen MR) is 155 cm³/mol. The van der Waals surface area contributed by atoms with Gasteiger partial charge in [0.2, 0.25) is 0 Å². The number of nitrogens with zero attached hydrogens (tertiary/aromatic N) is 3. The number of anilines is 2. The van der Waals surface area contributed by atoms with Gasteiger partial charge in [0.1, 0.15) is 18.1 Å². The van der Waals surface area contributed by atoms with Crippen molar-refractivity contribution in [1.82, 2.24) is 4.98 Å². The van der Waals surface area contributed by atoms with Crippen molar-refractivity contribution in [1.29, 1.82) is 0 Å². The standard InChI is InChI=1S/C31H29N3O4S/c1-17(2)19-8-10-22-25(16-19)39-31(32-22)34-27(20-7-5-6-18(3)14-20)26(29(36)30(34)37)28(35)21-9-11-24-23(15-21)33(4)12-13-38-24/h5-11,14-17,27,35H,12-13H2,1-4H3/b28-26+. The summed E-state index contributed by atoms with van der Waals surface area (Å²) in [5, 5.41) is 12.0. The van der Waals surface area contributed by atoms with E-state index in [-0.39, 0.29) is 11.3 Å². The van der Waals surface area contributed by atoms with Crippen LogP contribution in [0.2, 0.25) is 0 Å². The molecule has 0 radical (unpaired) electrons. The maximum absolute atomic E-state index is 13.6. The molecule has 0 saturated carbocycles. The van der Waals surface area contributed by atoms with Crippen LogP contribution in [0, 0.1) is 6.92 Å². The van der Waals surface area contributed by atoms with Gasteiger partial charge in [-0.1, -0.05) is 61.1 Å². The van der Waals surface area contributed by atoms with Crippen LogP contribution in [0.5, 0.6) is 5.75 Å². The normalized spacial score (nSPS) is 18.6. The molecule has 3 aromatic carbocycles. The Bertz CT molecular complexity index is 1670. The van der Waals surface area contributed by atoms with E-state index in [1.54, 1.807) is 18.2 Å². The molecule has 1 aromatic heterocycles. The van der Waals surface area contributed by atoms with Gasteiger partial charge in [-0.05, 0) is 54.3 Å². The number of benzene rings is 3. The predicted octanol–water partition coefficient (Wildman–Crippen LogP) is 6.18. The third-order valence-electron chi connectivity index (χ3n) is 7.40. The maximum Gasteiger partial charge on any atom is 0.301 e. The summed E-state index contributed by atoms with van der Waals surface area (Å²) >= 11 is 1.38. The maximum atomic E-state index is 13.6. The molecule has 2 aliphatic heterocycles. The van der Waals surface area contributed by atoms with Crippen LogP contribution in [0.4, 0.5) is 10.8 Å². The molecule has 1 atom stereocenters. The van der Waals surface area contributed by atoms with E-state index in [0.29, 0.717) is 35.5 Å². The van der Waals surface area contributed by atoms with Crippen molar-refractivity contribution in [2.45, 2.75) is 32.7 Å². The Kier molecular flexibility index (Phi) is 6.14. The van der Waals surface area contributed by atoms with E-state index >= 15 is 0 Å². The van der Waals surface area contributed by atoms with Crippen LogP contribution >= 0.6 is 11.3 Å². The highest BCUT2D eigenvalue weighted by Gasteiger charge is 2.48. The first-order valence-electron chi connectivity index (χ1n) is 13.0. The zero-order valence-corrected chi connectivity index (χ0v) is 23.1. The van der Waals surface area contributed by atoms with Crippen LogP contribution in [0.15, 0.2) is 66.2 Å². The molecule has 39 heavy (non-hydrogen) atoms. The van der Waals surface area contributed by atoms with E-state index < -0.39 is 17.7 Å². The minimum atomic E-state index is -0.819. The van der Waals surface area contributed by atoms with Gasteiger partial charge in [-0.3, -0.25) is 14.5 Å². The fourth-order valence-electron chi connectivity index (χ4n) is 5.23. The Morgan fingerprint density at radius 3 is 2.69 bits per heavy atom. The number of fused-ring (bicyclic) bond motifs is 2. The molecule has 0 bridgehead atoms. The minimum Gasteiger partial charge on any atom is -0.507 e. The lowest BCUT2D eigenvalue weighted by molar-refractivity contribution is -0.132. The van der Waals surface area contributed by atoms with Gasteiger partial charge >= 0.3 is 5.91 Å². The first-order chi connectivity index (χ1) is 18.7. The van der Waals surface area contributed by atoms with Crippen LogP contribution in [-0.2, 0) is 9.59 Å². The summed E-state index contributed by atoms with van der Waals surface area (Å²) in [5.74, 6) is -0.589. The number of hydrogen-bond acceptors (Lipinski definition) is 7. The summed E-state index contributed by atoms with van der Waals surface area (Å²) in [6.45, 7) is 7.50. The Balaban J connectivity index is 1.53. The average molecular weight is 540 g/mol. The summed E-state index contributed by atoms with van der Waals surface area (Å²) in [6, 6.07) is 18.2. The highest BCUT2D eigenvalue weighted by atomic mass is 32.1. The smallest absolute Gasteiger partial charge is 0.301 e. The number of carbonyl (C=O) groups is 2. The molecule has 0 spiro atoms. The van der Waals surface area contributed by atoms with Crippen molar-refractivity contribution in [3.63, 3.8) is 0 Å². The molecule has 1 unspecified atom stereocenters. The average Bonchev–Trinajstić information content (AvgIpc) is 3.46. The second-order valence-electron chi connectivity index (χ2n) is 10.4. The van der Waals surface area contributed by atoms with E-state index in [9.17, 15) is 14.7 Å². The molecular weight excluding hydrogens is 510 g/mol. The number of Topliss-reactive ketones (excluding diaryl/α,β-unsaturated/α-hetero) is 1. The molecule has 4 aromatic rings. The van der Waals surface area contributed by atoms with Crippen molar-refractivity contribution in [2.75, 3.05) is 30.0 Å². The number of carbonyl (C=O) groups excluding carboxylic acids is 2. The number of amides is 1. The molecule has 1 saturated heterocycles. The number of likely N-dealkylation sites (N-methyl/N-ethyl adjacent to an activating group) is 1. The Hall–Kier alpha value is -4.17. The van der Waals surface area contributed by atoms with Gasteiger partial charge in [0.25, 0.3) is 5.78 Å². The summed E-state index contributed by atoms with van der Waals surface area (Å²) < 4.78 is 6.69. The van der Waals surface area contributed by atoms with Crippen molar-refractivity contribution in [3.05, 3.63) is 88.5 Å². The lowest BCUT2D eigenvalue weighted by Gasteiger charge is -2.28. The van der Waals surface area contributed by atoms with E-state index in [4.69, 9.17) is 9.72 Å². The van der Waals surface area contributed by atoms with E-state index in [1.807, 2.05) is 55.3 Å². The van der Waals surface area contributed by atoms with Gasteiger partial charge < -0.3 is 14.7 Å². The topological polar surface area (TPSA) is 83.0 Å². The van der Waals surface area contributed by atoms with E-state index in [0.717, 1.165) is 27.0 Å². The van der Waals surface area contributed by atoms with Gasteiger partial charge in [-0.2, -0.15) is 0 Å². The molecule has 8 heteroatoms. The SMILES string of the molecule is Cc1cccc(C2/C(=C(\O)c3ccc4c(c3)N(C)CCO4)C(=O)C(=O)N2c2nc3ccc(C(C)C)cc3s2)c1. The molecule has 0 aliphatic carbocycles. The summed E-state index contributed by atoms with van der Waals surface area (Å²) in [7, 11) is 1.95. The first-order valence-corrected chi connectivity index (χ1v) is 13.8. The Labute approximate surface area is 231 Å². The van der Waals surface area contributed by atoms with Crippen LogP contribution < -0.4 is 14.5 Å². The first kappa shape index (κ1) is 25.1. The van der Waals surface area contributed by atoms with Crippen molar-refractivity contribution >= 4 is 49.8 Å². The van der Waals surface area contributed by atoms with Gasteiger partial charge in [-0.15, -0.1) is 0 Å². The largest absolute Gasteiger partial charge is 0.507 e. The lowest BCUT2D eigenvalue weighted by atomic mass is 9.94. The second-order valence-corrected chi connectivity index (χ2v) is 11.4. The summed E-state index contributed by atoms with van der Waals surface area (Å²) in [6.07, 6.45) is 0. The fraction of sp³-hybridized carbons (Fsp3) is 0.258. The highest BCUT2D eigenvalue weighted by Crippen LogP contribution is 2.45. The fourth-order valence-corrected chi connectivity index (χ4v) is 6.27. The van der Waals surface area contributed by atoms with E-state index in [1.165, 1.54) is 21.8 Å². The van der Waals surface area contributed by atoms with Gasteiger partial charge in [0, 0.05) is 12.6 Å². The monoisotopic (exact) mass is 539 g/mol. The van der Waals surface area contributed by atoms with Crippen molar-refractivity contribution in [2.24, 2.45) is 0 Å². The Morgan fingerprint density at radius 1 is 1.10 bits per heavy atom. The number of hydrogen-bond donors (Lipinski definition) is 1. The van der Waals surface area contributed by atoms with Crippen LogP contribution in [0.3, 0.4) is 0 Å². The van der Waals surface area contributed by atoms with Crippen LogP contribution in [0.1, 0.15) is 48.1 Å². The lowest BCUT2D eigenvalue weighted by Crippen LogP contribution is -2.29. The summed E-state index contributed by atoms with van der Waals surface area (Å²) in [4.78, 5) is 35.5. The second kappa shape index (κ2) is 9.54. The Morgan fingerprint density at radius 2 is 1.92 bits per heavy atom. The third kappa shape index (κ3) is 4.25. The molecule has 198 valence electrons. The molecule has 7 nitrogen and oxygen atoms in total. The zero-order chi connectivity index (χ0) is 27.4. The molecule has 1 fully saturated rings. The molecular formula is C31H29N3O4S. The quantitative estimate of drug-likeness (QED) is 0.189. The molecule has 1 N–H and O–H groups in total. The number of aliphatic hydroxyl groups excluding tert-OH is 1. The van der Waals surface area contributed by atoms with Gasteiger partial charge in [0.15, 0.2) is 5.13 Å². The highest BCUT2D eigenvalue weighted by molar-refractivity contribution is 7.22. The number of aliphatic hydroxyl groups is 1. The van der Waals surface area contributed by atoms with Crippen molar-refractivity contribution < 1.29 is 19.4 Å². The van der Waals surface area contributed by atoms with Crippen LogP contribution in [-0.4, -0.2) is 42.0 Å². The molecule has 2 aliphatic rings. The number of thiazole rings is 1. The number of ether oxygens (including phenoxy) is 1. The number of rotatable bonds is 4. The number of aryl methyl sites for hydroxylation is 1. The van der Waals surface area contributed by atoms with Crippen LogP contribution in [0.25, 0.3) is 16.0 Å². The summed E-state index contributed by atoms with van der Waals surface area (Å²) in [5.41, 5.74) is 4.98. The minimum absolute atomic E-state index is 0.0482.